The van der Waals surface area contributed by atoms with Gasteiger partial charge in [-0.3, -0.25) is 14.9 Å². The van der Waals surface area contributed by atoms with Crippen molar-refractivity contribution in [3.05, 3.63) is 69.2 Å². The molecule has 0 bridgehead atoms. The van der Waals surface area contributed by atoms with Gasteiger partial charge in [0.25, 0.3) is 5.69 Å². The Hall–Kier alpha value is -2.44. The SMILES string of the molecule is N[C@@H](C(=O)Nc1ccc([N+](=O)[O-])c(Cl)c1)c1ccccc1. The molecule has 0 aromatic heterocycles. The number of hydrogen-bond donors (Lipinski definition) is 2. The summed E-state index contributed by atoms with van der Waals surface area (Å²) in [4.78, 5) is 22.1. The first-order valence-electron chi connectivity index (χ1n) is 6.04. The third kappa shape index (κ3) is 3.56. The Labute approximate surface area is 125 Å². The van der Waals surface area contributed by atoms with E-state index in [1.54, 1.807) is 24.3 Å². The Kier molecular flexibility index (Phi) is 4.52. The minimum absolute atomic E-state index is 0.0499. The first kappa shape index (κ1) is 15.0. The molecule has 2 aromatic carbocycles. The molecular formula is C14H12ClN3O3. The molecule has 1 atom stereocenters. The van der Waals surface area contributed by atoms with E-state index in [9.17, 15) is 14.9 Å². The molecule has 0 unspecified atom stereocenters. The molecule has 0 aliphatic carbocycles. The number of nitrogens with zero attached hydrogens (tertiary/aromatic N) is 1. The molecule has 0 saturated carbocycles. The Bertz CT molecular complexity index is 676. The zero-order valence-electron chi connectivity index (χ0n) is 10.8. The standard InChI is InChI=1S/C14H12ClN3O3/c15-11-8-10(6-7-12(11)18(20)21)17-14(19)13(16)9-4-2-1-3-5-9/h1-8,13H,16H2,(H,17,19)/t13-/m1/s1. The second-order valence-corrected chi connectivity index (χ2v) is 4.71. The lowest BCUT2D eigenvalue weighted by atomic mass is 10.1. The molecule has 21 heavy (non-hydrogen) atoms. The summed E-state index contributed by atoms with van der Waals surface area (Å²) in [6, 6.07) is 12.0. The van der Waals surface area contributed by atoms with Crippen LogP contribution < -0.4 is 11.1 Å². The number of nitro benzene ring substituents is 1. The average molecular weight is 306 g/mol. The number of amides is 1. The van der Waals surface area contributed by atoms with Crippen LogP contribution in [-0.2, 0) is 4.79 Å². The molecule has 1 amide bonds. The molecule has 2 aromatic rings. The predicted octanol–water partition coefficient (Wildman–Crippen LogP) is 2.89. The minimum atomic E-state index is -0.833. The van der Waals surface area contributed by atoms with Crippen LogP contribution in [0.1, 0.15) is 11.6 Å². The van der Waals surface area contributed by atoms with Gasteiger partial charge >= 0.3 is 0 Å². The summed E-state index contributed by atoms with van der Waals surface area (Å²) in [5.41, 5.74) is 6.65. The highest BCUT2D eigenvalue weighted by molar-refractivity contribution is 6.33. The summed E-state index contributed by atoms with van der Waals surface area (Å²) < 4.78 is 0. The van der Waals surface area contributed by atoms with Gasteiger partial charge < -0.3 is 11.1 Å². The van der Waals surface area contributed by atoms with E-state index >= 15 is 0 Å². The molecule has 0 fully saturated rings. The second-order valence-electron chi connectivity index (χ2n) is 4.30. The fourth-order valence-corrected chi connectivity index (χ4v) is 2.01. The number of benzene rings is 2. The second kappa shape index (κ2) is 6.34. The molecular weight excluding hydrogens is 294 g/mol. The number of halogens is 1. The van der Waals surface area contributed by atoms with Crippen LogP contribution in [0.15, 0.2) is 48.5 Å². The Morgan fingerprint density at radius 2 is 1.90 bits per heavy atom. The van der Waals surface area contributed by atoms with E-state index in [-0.39, 0.29) is 10.7 Å². The quantitative estimate of drug-likeness (QED) is 0.670. The van der Waals surface area contributed by atoms with Gasteiger partial charge in [-0.25, -0.2) is 0 Å². The van der Waals surface area contributed by atoms with Crippen molar-refractivity contribution in [3.8, 4) is 0 Å². The number of nitrogens with one attached hydrogen (secondary N) is 1. The summed E-state index contributed by atoms with van der Waals surface area (Å²) in [5, 5.41) is 13.2. The molecule has 0 spiro atoms. The van der Waals surface area contributed by atoms with Gasteiger partial charge in [-0.1, -0.05) is 41.9 Å². The summed E-state index contributed by atoms with van der Waals surface area (Å²) in [7, 11) is 0. The number of anilines is 1. The van der Waals surface area contributed by atoms with E-state index < -0.39 is 16.9 Å². The number of hydrogen-bond acceptors (Lipinski definition) is 4. The van der Waals surface area contributed by atoms with Crippen LogP contribution in [0.25, 0.3) is 0 Å². The Morgan fingerprint density at radius 3 is 2.48 bits per heavy atom. The largest absolute Gasteiger partial charge is 0.324 e. The van der Waals surface area contributed by atoms with Crippen LogP contribution in [0.3, 0.4) is 0 Å². The van der Waals surface area contributed by atoms with Gasteiger partial charge in [0.15, 0.2) is 0 Å². The van der Waals surface area contributed by atoms with Crippen molar-refractivity contribution in [2.45, 2.75) is 6.04 Å². The molecule has 0 saturated heterocycles. The van der Waals surface area contributed by atoms with Gasteiger partial charge in [-0.15, -0.1) is 0 Å². The fourth-order valence-electron chi connectivity index (χ4n) is 1.76. The lowest BCUT2D eigenvalue weighted by molar-refractivity contribution is -0.384. The van der Waals surface area contributed by atoms with Gasteiger partial charge in [0.05, 0.1) is 4.92 Å². The highest BCUT2D eigenvalue weighted by Gasteiger charge is 2.17. The Morgan fingerprint density at radius 1 is 1.24 bits per heavy atom. The highest BCUT2D eigenvalue weighted by Crippen LogP contribution is 2.27. The first-order chi connectivity index (χ1) is 9.99. The summed E-state index contributed by atoms with van der Waals surface area (Å²) in [6.07, 6.45) is 0. The summed E-state index contributed by atoms with van der Waals surface area (Å²) in [5.74, 6) is -0.425. The fraction of sp³-hybridized carbons (Fsp3) is 0.0714. The highest BCUT2D eigenvalue weighted by atomic mass is 35.5. The Balaban J connectivity index is 2.13. The lowest BCUT2D eigenvalue weighted by Crippen LogP contribution is -2.27. The van der Waals surface area contributed by atoms with Crippen LogP contribution in [0.5, 0.6) is 0 Å². The summed E-state index contributed by atoms with van der Waals surface area (Å²) in [6.45, 7) is 0. The monoisotopic (exact) mass is 305 g/mol. The normalized spacial score (nSPS) is 11.7. The van der Waals surface area contributed by atoms with Gasteiger partial charge in [-0.2, -0.15) is 0 Å². The maximum absolute atomic E-state index is 12.0. The van der Waals surface area contributed by atoms with Gasteiger partial charge in [-0.05, 0) is 17.7 Å². The van der Waals surface area contributed by atoms with E-state index in [4.69, 9.17) is 17.3 Å². The van der Waals surface area contributed by atoms with E-state index in [2.05, 4.69) is 5.32 Å². The molecule has 7 heteroatoms. The molecule has 6 nitrogen and oxygen atoms in total. The van der Waals surface area contributed by atoms with E-state index in [1.165, 1.54) is 18.2 Å². The molecule has 108 valence electrons. The maximum Gasteiger partial charge on any atom is 0.288 e. The van der Waals surface area contributed by atoms with E-state index in [1.807, 2.05) is 6.07 Å². The molecule has 0 heterocycles. The molecule has 3 N–H and O–H groups in total. The van der Waals surface area contributed by atoms with Gasteiger partial charge in [0.1, 0.15) is 11.1 Å². The van der Waals surface area contributed by atoms with Crippen molar-refractivity contribution in [1.29, 1.82) is 0 Å². The van der Waals surface area contributed by atoms with Crippen LogP contribution >= 0.6 is 11.6 Å². The minimum Gasteiger partial charge on any atom is -0.324 e. The lowest BCUT2D eigenvalue weighted by Gasteiger charge is -2.12. The predicted molar refractivity (Wildman–Crippen MR) is 80.1 cm³/mol. The smallest absolute Gasteiger partial charge is 0.288 e. The zero-order chi connectivity index (χ0) is 15.4. The van der Waals surface area contributed by atoms with Crippen LogP contribution in [0.2, 0.25) is 5.02 Å². The van der Waals surface area contributed by atoms with Crippen molar-refractivity contribution in [2.24, 2.45) is 5.73 Å². The first-order valence-corrected chi connectivity index (χ1v) is 6.42. The van der Waals surface area contributed by atoms with Crippen LogP contribution in [0.4, 0.5) is 11.4 Å². The zero-order valence-corrected chi connectivity index (χ0v) is 11.6. The van der Waals surface area contributed by atoms with Crippen molar-refractivity contribution in [3.63, 3.8) is 0 Å². The van der Waals surface area contributed by atoms with E-state index in [0.29, 0.717) is 11.3 Å². The van der Waals surface area contributed by atoms with Crippen molar-refractivity contribution < 1.29 is 9.72 Å². The molecule has 0 aliphatic rings. The van der Waals surface area contributed by atoms with Crippen LogP contribution in [0, 0.1) is 10.1 Å². The van der Waals surface area contributed by atoms with Gasteiger partial charge in [0, 0.05) is 11.8 Å². The maximum atomic E-state index is 12.0. The number of nitrogens with two attached hydrogens (primary N) is 1. The number of carbonyl (C=O) groups is 1. The van der Waals surface area contributed by atoms with Crippen molar-refractivity contribution >= 4 is 28.9 Å². The van der Waals surface area contributed by atoms with Gasteiger partial charge in [0.2, 0.25) is 5.91 Å². The van der Waals surface area contributed by atoms with Crippen LogP contribution in [-0.4, -0.2) is 10.8 Å². The van der Waals surface area contributed by atoms with Crippen molar-refractivity contribution in [1.82, 2.24) is 0 Å². The third-order valence-electron chi connectivity index (χ3n) is 2.85. The average Bonchev–Trinajstić information content (AvgIpc) is 2.47. The molecule has 0 aliphatic heterocycles. The summed E-state index contributed by atoms with van der Waals surface area (Å²) >= 11 is 5.78. The number of rotatable bonds is 4. The topological polar surface area (TPSA) is 98.3 Å². The molecule has 2 rings (SSSR count). The van der Waals surface area contributed by atoms with E-state index in [0.717, 1.165) is 0 Å². The number of nitro groups is 1. The van der Waals surface area contributed by atoms with Crippen molar-refractivity contribution in [2.75, 3.05) is 5.32 Å². The third-order valence-corrected chi connectivity index (χ3v) is 3.16. The number of carbonyl (C=O) groups excluding carboxylic acids is 1. The molecule has 0 radical (unpaired) electrons.